The summed E-state index contributed by atoms with van der Waals surface area (Å²) in [4.78, 5) is 23.0. The van der Waals surface area contributed by atoms with Crippen LogP contribution in [0.1, 0.15) is 6.92 Å². The SMILES string of the molecule is CC(=O)Nc1ccc(S(=O)(=O)N(C)CC(=O)Nc2ccccc2)cc1. The monoisotopic (exact) mass is 361 g/mol. The van der Waals surface area contributed by atoms with Gasteiger partial charge in [0.1, 0.15) is 0 Å². The molecule has 0 aromatic heterocycles. The fourth-order valence-electron chi connectivity index (χ4n) is 2.10. The van der Waals surface area contributed by atoms with Crippen LogP contribution in [-0.4, -0.2) is 38.1 Å². The number of nitrogens with one attached hydrogen (secondary N) is 2. The third-order valence-corrected chi connectivity index (χ3v) is 5.12. The van der Waals surface area contributed by atoms with Crippen LogP contribution in [0.2, 0.25) is 0 Å². The van der Waals surface area contributed by atoms with Crippen LogP contribution in [0.3, 0.4) is 0 Å². The number of amides is 2. The van der Waals surface area contributed by atoms with Crippen LogP contribution in [0.15, 0.2) is 59.5 Å². The lowest BCUT2D eigenvalue weighted by molar-refractivity contribution is -0.116. The molecule has 7 nitrogen and oxygen atoms in total. The van der Waals surface area contributed by atoms with Crippen LogP contribution in [-0.2, 0) is 19.6 Å². The third kappa shape index (κ3) is 5.13. The molecule has 0 saturated carbocycles. The Morgan fingerprint density at radius 3 is 2.04 bits per heavy atom. The molecular weight excluding hydrogens is 342 g/mol. The number of rotatable bonds is 6. The molecule has 2 amide bonds. The van der Waals surface area contributed by atoms with E-state index in [2.05, 4.69) is 10.6 Å². The van der Waals surface area contributed by atoms with Gasteiger partial charge in [-0.05, 0) is 36.4 Å². The first kappa shape index (κ1) is 18.6. The second-order valence-corrected chi connectivity index (χ2v) is 7.43. The first-order valence-electron chi connectivity index (χ1n) is 7.48. The number of anilines is 2. The zero-order valence-corrected chi connectivity index (χ0v) is 14.7. The van der Waals surface area contributed by atoms with Crippen molar-refractivity contribution in [2.45, 2.75) is 11.8 Å². The number of para-hydroxylation sites is 1. The van der Waals surface area contributed by atoms with Crippen LogP contribution in [0, 0.1) is 0 Å². The molecule has 0 aliphatic rings. The maximum atomic E-state index is 12.5. The normalized spacial score (nSPS) is 11.2. The highest BCUT2D eigenvalue weighted by atomic mass is 32.2. The first-order chi connectivity index (χ1) is 11.8. The Labute approximate surface area is 146 Å². The molecule has 0 saturated heterocycles. The lowest BCUT2D eigenvalue weighted by Crippen LogP contribution is -2.34. The average Bonchev–Trinajstić information content (AvgIpc) is 2.55. The van der Waals surface area contributed by atoms with Crippen LogP contribution in [0.4, 0.5) is 11.4 Å². The molecule has 0 heterocycles. The Kier molecular flexibility index (Phi) is 5.89. The maximum Gasteiger partial charge on any atom is 0.243 e. The number of hydrogen-bond acceptors (Lipinski definition) is 4. The summed E-state index contributed by atoms with van der Waals surface area (Å²) in [7, 11) is -2.48. The molecule has 2 aromatic carbocycles. The minimum absolute atomic E-state index is 0.0385. The molecule has 0 bridgehead atoms. The van der Waals surface area contributed by atoms with Gasteiger partial charge in [-0.25, -0.2) is 8.42 Å². The van der Waals surface area contributed by atoms with E-state index in [1.807, 2.05) is 6.07 Å². The summed E-state index contributed by atoms with van der Waals surface area (Å²) in [5, 5.41) is 5.20. The van der Waals surface area contributed by atoms with Crippen LogP contribution >= 0.6 is 0 Å². The van der Waals surface area contributed by atoms with E-state index in [4.69, 9.17) is 0 Å². The highest BCUT2D eigenvalue weighted by Crippen LogP contribution is 2.17. The second-order valence-electron chi connectivity index (χ2n) is 5.38. The van der Waals surface area contributed by atoms with E-state index in [0.29, 0.717) is 11.4 Å². The largest absolute Gasteiger partial charge is 0.326 e. The molecule has 8 heteroatoms. The van der Waals surface area contributed by atoms with Gasteiger partial charge in [0.2, 0.25) is 21.8 Å². The predicted molar refractivity (Wildman–Crippen MR) is 95.6 cm³/mol. The van der Waals surface area contributed by atoms with E-state index in [1.54, 1.807) is 24.3 Å². The number of carbonyl (C=O) groups excluding carboxylic acids is 2. The minimum atomic E-state index is -3.81. The van der Waals surface area contributed by atoms with Crippen LogP contribution in [0.5, 0.6) is 0 Å². The van der Waals surface area contributed by atoms with Crippen molar-refractivity contribution in [1.82, 2.24) is 4.31 Å². The van der Waals surface area contributed by atoms with Crippen LogP contribution < -0.4 is 10.6 Å². The van der Waals surface area contributed by atoms with Gasteiger partial charge in [-0.3, -0.25) is 9.59 Å². The van der Waals surface area contributed by atoms with Crippen molar-refractivity contribution in [1.29, 1.82) is 0 Å². The number of hydrogen-bond donors (Lipinski definition) is 2. The van der Waals surface area contributed by atoms with Gasteiger partial charge in [-0.2, -0.15) is 4.31 Å². The number of benzene rings is 2. The summed E-state index contributed by atoms with van der Waals surface area (Å²) in [6.45, 7) is 1.05. The topological polar surface area (TPSA) is 95.6 Å². The third-order valence-electron chi connectivity index (χ3n) is 3.31. The quantitative estimate of drug-likeness (QED) is 0.821. The van der Waals surface area contributed by atoms with Gasteiger partial charge in [-0.15, -0.1) is 0 Å². The van der Waals surface area contributed by atoms with Gasteiger partial charge < -0.3 is 10.6 Å². The van der Waals surface area contributed by atoms with Crippen molar-refractivity contribution < 1.29 is 18.0 Å². The van der Waals surface area contributed by atoms with Gasteiger partial charge in [0, 0.05) is 25.3 Å². The zero-order chi connectivity index (χ0) is 18.4. The van der Waals surface area contributed by atoms with Crippen molar-refractivity contribution in [3.63, 3.8) is 0 Å². The Bertz CT molecular complexity index is 849. The number of sulfonamides is 1. The molecule has 0 fully saturated rings. The second kappa shape index (κ2) is 7.91. The van der Waals surface area contributed by atoms with Gasteiger partial charge in [-0.1, -0.05) is 18.2 Å². The summed E-state index contributed by atoms with van der Waals surface area (Å²) >= 11 is 0. The molecule has 0 atom stereocenters. The molecule has 0 aliphatic heterocycles. The van der Waals surface area contributed by atoms with Gasteiger partial charge in [0.25, 0.3) is 0 Å². The molecular formula is C17H19N3O4S. The summed E-state index contributed by atoms with van der Waals surface area (Å²) in [5.41, 5.74) is 1.09. The fraction of sp³-hybridized carbons (Fsp3) is 0.176. The van der Waals surface area contributed by atoms with Crippen molar-refractivity contribution >= 4 is 33.2 Å². The van der Waals surface area contributed by atoms with E-state index in [-0.39, 0.29) is 17.3 Å². The highest BCUT2D eigenvalue weighted by Gasteiger charge is 2.23. The molecule has 25 heavy (non-hydrogen) atoms. The smallest absolute Gasteiger partial charge is 0.243 e. The van der Waals surface area contributed by atoms with E-state index in [1.165, 1.54) is 38.2 Å². The Morgan fingerprint density at radius 1 is 0.920 bits per heavy atom. The summed E-state index contributed by atoms with van der Waals surface area (Å²) in [6.07, 6.45) is 0. The van der Waals surface area contributed by atoms with Crippen molar-refractivity contribution in [2.75, 3.05) is 24.2 Å². The van der Waals surface area contributed by atoms with E-state index < -0.39 is 15.9 Å². The molecule has 0 radical (unpaired) electrons. The molecule has 2 rings (SSSR count). The lowest BCUT2D eigenvalue weighted by Gasteiger charge is -2.17. The number of likely N-dealkylation sites (N-methyl/N-ethyl adjacent to an activating group) is 1. The highest BCUT2D eigenvalue weighted by molar-refractivity contribution is 7.89. The zero-order valence-electron chi connectivity index (χ0n) is 13.9. The minimum Gasteiger partial charge on any atom is -0.326 e. The predicted octanol–water partition coefficient (Wildman–Crippen LogP) is 1.90. The summed E-state index contributed by atoms with van der Waals surface area (Å²) in [5.74, 6) is -0.683. The molecule has 132 valence electrons. The lowest BCUT2D eigenvalue weighted by atomic mass is 10.3. The first-order valence-corrected chi connectivity index (χ1v) is 8.92. The van der Waals surface area contributed by atoms with Gasteiger partial charge in [0.15, 0.2) is 0 Å². The molecule has 2 N–H and O–H groups in total. The Morgan fingerprint density at radius 2 is 1.48 bits per heavy atom. The molecule has 2 aromatic rings. The fourth-order valence-corrected chi connectivity index (χ4v) is 3.23. The standard InChI is InChI=1S/C17H19N3O4S/c1-13(21)18-15-8-10-16(11-9-15)25(23,24)20(2)12-17(22)19-14-6-4-3-5-7-14/h3-11H,12H2,1-2H3,(H,18,21)(H,19,22). The Hall–Kier alpha value is -2.71. The van der Waals surface area contributed by atoms with Crippen molar-refractivity contribution in [3.05, 3.63) is 54.6 Å². The van der Waals surface area contributed by atoms with E-state index in [0.717, 1.165) is 4.31 Å². The molecule has 0 aliphatic carbocycles. The van der Waals surface area contributed by atoms with Crippen LogP contribution in [0.25, 0.3) is 0 Å². The molecule has 0 unspecified atom stereocenters. The summed E-state index contributed by atoms with van der Waals surface area (Å²) in [6, 6.07) is 14.5. The van der Waals surface area contributed by atoms with E-state index >= 15 is 0 Å². The van der Waals surface area contributed by atoms with Gasteiger partial charge >= 0.3 is 0 Å². The maximum absolute atomic E-state index is 12.5. The number of nitrogens with zero attached hydrogens (tertiary/aromatic N) is 1. The van der Waals surface area contributed by atoms with Crippen molar-refractivity contribution in [2.24, 2.45) is 0 Å². The van der Waals surface area contributed by atoms with Gasteiger partial charge in [0.05, 0.1) is 11.4 Å². The summed E-state index contributed by atoms with van der Waals surface area (Å²) < 4.78 is 26.0. The molecule has 0 spiro atoms. The van der Waals surface area contributed by atoms with E-state index in [9.17, 15) is 18.0 Å². The Balaban J connectivity index is 2.05. The average molecular weight is 361 g/mol. The van der Waals surface area contributed by atoms with Crippen molar-refractivity contribution in [3.8, 4) is 0 Å². The number of carbonyl (C=O) groups is 2.